The topological polar surface area (TPSA) is 40.5 Å². The average Bonchev–Trinajstić information content (AvgIpc) is 2.33. The van der Waals surface area contributed by atoms with E-state index in [0.29, 0.717) is 5.02 Å². The SMILES string of the molecule is CC1=CC(C)(C)N(C(C(=O)O)C(C)C)c2ccc(Cl)cc21. The molecule has 1 atom stereocenters. The highest BCUT2D eigenvalue weighted by Crippen LogP contribution is 2.42. The summed E-state index contributed by atoms with van der Waals surface area (Å²) < 4.78 is 0. The van der Waals surface area contributed by atoms with Gasteiger partial charge in [-0.2, -0.15) is 0 Å². The van der Waals surface area contributed by atoms with Gasteiger partial charge in [0.1, 0.15) is 6.04 Å². The van der Waals surface area contributed by atoms with E-state index in [1.165, 1.54) is 0 Å². The van der Waals surface area contributed by atoms with Crippen molar-refractivity contribution < 1.29 is 9.90 Å². The summed E-state index contributed by atoms with van der Waals surface area (Å²) in [6, 6.07) is 5.07. The Labute approximate surface area is 131 Å². The van der Waals surface area contributed by atoms with Crippen LogP contribution in [0, 0.1) is 5.92 Å². The van der Waals surface area contributed by atoms with Crippen LogP contribution in [0.2, 0.25) is 5.02 Å². The Morgan fingerprint density at radius 1 is 1.33 bits per heavy atom. The summed E-state index contributed by atoms with van der Waals surface area (Å²) in [7, 11) is 0. The number of benzene rings is 1. The number of carboxylic acid groups (broad SMARTS) is 1. The highest BCUT2D eigenvalue weighted by atomic mass is 35.5. The van der Waals surface area contributed by atoms with Crippen LogP contribution >= 0.6 is 11.6 Å². The first kappa shape index (κ1) is 15.9. The van der Waals surface area contributed by atoms with E-state index in [2.05, 4.69) is 6.08 Å². The zero-order chi connectivity index (χ0) is 15.9. The molecule has 114 valence electrons. The summed E-state index contributed by atoms with van der Waals surface area (Å²) in [4.78, 5) is 13.8. The average molecular weight is 308 g/mol. The van der Waals surface area contributed by atoms with Gasteiger partial charge in [-0.3, -0.25) is 0 Å². The fraction of sp³-hybridized carbons (Fsp3) is 0.471. The summed E-state index contributed by atoms with van der Waals surface area (Å²) in [5, 5.41) is 10.4. The van der Waals surface area contributed by atoms with Gasteiger partial charge < -0.3 is 10.0 Å². The van der Waals surface area contributed by atoms with Gasteiger partial charge in [0.25, 0.3) is 0 Å². The molecule has 0 fully saturated rings. The van der Waals surface area contributed by atoms with Crippen LogP contribution in [0.4, 0.5) is 5.69 Å². The Kier molecular flexibility index (Phi) is 4.07. The van der Waals surface area contributed by atoms with Crippen molar-refractivity contribution >= 4 is 28.8 Å². The Hall–Kier alpha value is -1.48. The molecule has 3 nitrogen and oxygen atoms in total. The van der Waals surface area contributed by atoms with Gasteiger partial charge in [-0.15, -0.1) is 0 Å². The van der Waals surface area contributed by atoms with Gasteiger partial charge in [-0.1, -0.05) is 31.5 Å². The van der Waals surface area contributed by atoms with Crippen LogP contribution in [0.5, 0.6) is 0 Å². The number of rotatable bonds is 3. The third-order valence-electron chi connectivity index (χ3n) is 4.00. The van der Waals surface area contributed by atoms with Crippen LogP contribution in [0.3, 0.4) is 0 Å². The van der Waals surface area contributed by atoms with Crippen LogP contribution in [-0.4, -0.2) is 22.7 Å². The largest absolute Gasteiger partial charge is 0.480 e. The molecule has 4 heteroatoms. The monoisotopic (exact) mass is 307 g/mol. The van der Waals surface area contributed by atoms with E-state index >= 15 is 0 Å². The molecule has 1 aliphatic rings. The lowest BCUT2D eigenvalue weighted by atomic mass is 9.85. The first-order valence-electron chi connectivity index (χ1n) is 7.16. The summed E-state index contributed by atoms with van der Waals surface area (Å²) in [5.74, 6) is -0.802. The minimum Gasteiger partial charge on any atom is -0.480 e. The van der Waals surface area contributed by atoms with Crippen molar-refractivity contribution in [1.29, 1.82) is 0 Å². The number of nitrogens with zero attached hydrogens (tertiary/aromatic N) is 1. The number of anilines is 1. The normalized spacial score (nSPS) is 18.2. The molecular formula is C17H22ClNO2. The highest BCUT2D eigenvalue weighted by Gasteiger charge is 2.40. The minimum absolute atomic E-state index is 0.00268. The molecule has 0 saturated carbocycles. The quantitative estimate of drug-likeness (QED) is 0.896. The van der Waals surface area contributed by atoms with Crippen LogP contribution in [0.25, 0.3) is 5.57 Å². The standard InChI is InChI=1S/C17H22ClNO2/c1-10(2)15(16(20)21)19-14-7-6-12(18)8-13(14)11(3)9-17(19,4)5/h6-10,15H,1-5H3,(H,20,21). The smallest absolute Gasteiger partial charge is 0.326 e. The lowest BCUT2D eigenvalue weighted by molar-refractivity contribution is -0.140. The van der Waals surface area contributed by atoms with Crippen molar-refractivity contribution in [2.45, 2.75) is 46.2 Å². The zero-order valence-corrected chi connectivity index (χ0v) is 13.9. The van der Waals surface area contributed by atoms with Gasteiger partial charge >= 0.3 is 5.97 Å². The van der Waals surface area contributed by atoms with E-state index in [0.717, 1.165) is 16.8 Å². The molecule has 21 heavy (non-hydrogen) atoms. The number of allylic oxidation sites excluding steroid dienone is 1. The molecule has 0 aliphatic carbocycles. The molecule has 1 aromatic carbocycles. The van der Waals surface area contributed by atoms with Crippen LogP contribution in [0.15, 0.2) is 24.3 Å². The Bertz CT molecular complexity index is 605. The van der Waals surface area contributed by atoms with Crippen molar-refractivity contribution in [3.8, 4) is 0 Å². The summed E-state index contributed by atoms with van der Waals surface area (Å²) in [5.41, 5.74) is 2.71. The number of aliphatic carboxylic acids is 1. The van der Waals surface area contributed by atoms with E-state index in [-0.39, 0.29) is 11.5 Å². The molecule has 0 radical (unpaired) electrons. The third-order valence-corrected chi connectivity index (χ3v) is 4.23. The fourth-order valence-electron chi connectivity index (χ4n) is 3.22. The molecule has 0 bridgehead atoms. The van der Waals surface area contributed by atoms with E-state index < -0.39 is 12.0 Å². The number of halogens is 1. The molecule has 1 N–H and O–H groups in total. The predicted octanol–water partition coefficient (Wildman–Crippen LogP) is 4.45. The second-order valence-corrected chi connectivity index (χ2v) is 6.98. The molecule has 0 amide bonds. The molecule has 1 heterocycles. The fourth-order valence-corrected chi connectivity index (χ4v) is 3.40. The van der Waals surface area contributed by atoms with Crippen LogP contribution in [0.1, 0.15) is 40.2 Å². The van der Waals surface area contributed by atoms with Gasteiger partial charge in [0.05, 0.1) is 5.54 Å². The molecule has 2 rings (SSSR count). The Morgan fingerprint density at radius 2 is 1.95 bits per heavy atom. The van der Waals surface area contributed by atoms with Crippen molar-refractivity contribution in [2.24, 2.45) is 5.92 Å². The van der Waals surface area contributed by atoms with Crippen LogP contribution in [-0.2, 0) is 4.79 Å². The number of carboxylic acids is 1. The predicted molar refractivity (Wildman–Crippen MR) is 87.9 cm³/mol. The number of hydrogen-bond donors (Lipinski definition) is 1. The van der Waals surface area contributed by atoms with E-state index in [1.807, 2.05) is 57.7 Å². The molecule has 1 unspecified atom stereocenters. The highest BCUT2D eigenvalue weighted by molar-refractivity contribution is 6.30. The lowest BCUT2D eigenvalue weighted by Gasteiger charge is -2.47. The number of carbonyl (C=O) groups is 1. The van der Waals surface area contributed by atoms with Crippen LogP contribution < -0.4 is 4.90 Å². The maximum absolute atomic E-state index is 11.8. The number of fused-ring (bicyclic) bond motifs is 1. The molecule has 0 saturated heterocycles. The molecule has 0 spiro atoms. The van der Waals surface area contributed by atoms with E-state index in [1.54, 1.807) is 0 Å². The minimum atomic E-state index is -0.799. The second kappa shape index (κ2) is 5.38. The van der Waals surface area contributed by atoms with Gasteiger partial charge in [-0.05, 0) is 50.5 Å². The third kappa shape index (κ3) is 2.80. The van der Waals surface area contributed by atoms with Gasteiger partial charge in [0.15, 0.2) is 0 Å². The zero-order valence-electron chi connectivity index (χ0n) is 13.1. The summed E-state index contributed by atoms with van der Waals surface area (Å²) in [6.07, 6.45) is 2.12. The maximum atomic E-state index is 11.8. The van der Waals surface area contributed by atoms with Gasteiger partial charge in [0, 0.05) is 16.3 Å². The Balaban J connectivity index is 2.67. The van der Waals surface area contributed by atoms with Crippen molar-refractivity contribution in [3.63, 3.8) is 0 Å². The Morgan fingerprint density at radius 3 is 2.48 bits per heavy atom. The molecule has 1 aromatic rings. The first-order chi connectivity index (χ1) is 9.65. The first-order valence-corrected chi connectivity index (χ1v) is 7.54. The van der Waals surface area contributed by atoms with E-state index in [9.17, 15) is 9.90 Å². The van der Waals surface area contributed by atoms with Gasteiger partial charge in [0.2, 0.25) is 0 Å². The molecule has 0 aromatic heterocycles. The van der Waals surface area contributed by atoms with Gasteiger partial charge in [-0.25, -0.2) is 4.79 Å². The molecular weight excluding hydrogens is 286 g/mol. The number of hydrogen-bond acceptors (Lipinski definition) is 2. The lowest BCUT2D eigenvalue weighted by Crippen LogP contribution is -2.56. The van der Waals surface area contributed by atoms with Crippen molar-refractivity contribution in [3.05, 3.63) is 34.9 Å². The molecule has 1 aliphatic heterocycles. The van der Waals surface area contributed by atoms with Crippen molar-refractivity contribution in [1.82, 2.24) is 0 Å². The second-order valence-electron chi connectivity index (χ2n) is 6.54. The maximum Gasteiger partial charge on any atom is 0.326 e. The summed E-state index contributed by atoms with van der Waals surface area (Å²) >= 11 is 6.10. The van der Waals surface area contributed by atoms with Crippen molar-refractivity contribution in [2.75, 3.05) is 4.90 Å². The summed E-state index contributed by atoms with van der Waals surface area (Å²) in [6.45, 7) is 10.0. The van der Waals surface area contributed by atoms with E-state index in [4.69, 9.17) is 11.6 Å².